The highest BCUT2D eigenvalue weighted by Crippen LogP contribution is 2.04. The number of aryl methyl sites for hydroxylation is 3. The van der Waals surface area contributed by atoms with Gasteiger partial charge in [0.15, 0.2) is 0 Å². The minimum Gasteiger partial charge on any atom is -0.273 e. The molecule has 0 saturated heterocycles. The quantitative estimate of drug-likeness (QED) is 0.648. The van der Waals surface area contributed by atoms with Gasteiger partial charge in [-0.2, -0.15) is 5.10 Å². The van der Waals surface area contributed by atoms with E-state index in [1.54, 1.807) is 0 Å². The molecule has 1 aromatic rings. The van der Waals surface area contributed by atoms with Gasteiger partial charge in [-0.25, -0.2) is 0 Å². The lowest BCUT2D eigenvalue weighted by Gasteiger charge is -1.91. The second kappa shape index (κ2) is 3.56. The molecule has 0 N–H and O–H groups in total. The van der Waals surface area contributed by atoms with Crippen molar-refractivity contribution in [1.82, 2.24) is 9.78 Å². The van der Waals surface area contributed by atoms with E-state index in [1.165, 1.54) is 24.2 Å². The van der Waals surface area contributed by atoms with Gasteiger partial charge in [-0.05, 0) is 25.8 Å². The maximum Gasteiger partial charge on any atom is 0.0627 e. The van der Waals surface area contributed by atoms with Gasteiger partial charge in [0.1, 0.15) is 0 Å². The molecule has 0 bridgehead atoms. The van der Waals surface area contributed by atoms with E-state index in [9.17, 15) is 0 Å². The van der Waals surface area contributed by atoms with Crippen molar-refractivity contribution in [3.8, 4) is 0 Å². The SMILES string of the molecule is CCCCc1cc(C)n(C)n1. The molecule has 11 heavy (non-hydrogen) atoms. The zero-order valence-corrected chi connectivity index (χ0v) is 7.59. The smallest absolute Gasteiger partial charge is 0.0627 e. The van der Waals surface area contributed by atoms with Crippen molar-refractivity contribution in [2.75, 3.05) is 0 Å². The maximum absolute atomic E-state index is 4.36. The molecule has 2 nitrogen and oxygen atoms in total. The molecule has 0 spiro atoms. The van der Waals surface area contributed by atoms with Crippen molar-refractivity contribution in [3.63, 3.8) is 0 Å². The molecule has 0 atom stereocenters. The average molecular weight is 152 g/mol. The normalized spacial score (nSPS) is 10.5. The van der Waals surface area contributed by atoms with Crippen LogP contribution in [0.25, 0.3) is 0 Å². The highest BCUT2D eigenvalue weighted by atomic mass is 15.3. The first kappa shape index (κ1) is 8.31. The third-order valence-electron chi connectivity index (χ3n) is 1.95. The summed E-state index contributed by atoms with van der Waals surface area (Å²) < 4.78 is 1.94. The number of rotatable bonds is 3. The van der Waals surface area contributed by atoms with Crippen molar-refractivity contribution < 1.29 is 0 Å². The molecule has 1 heterocycles. The third kappa shape index (κ3) is 2.07. The van der Waals surface area contributed by atoms with Gasteiger partial charge < -0.3 is 0 Å². The van der Waals surface area contributed by atoms with Gasteiger partial charge >= 0.3 is 0 Å². The minimum atomic E-state index is 1.12. The summed E-state index contributed by atoms with van der Waals surface area (Å²) in [6.07, 6.45) is 3.62. The zero-order valence-electron chi connectivity index (χ0n) is 7.59. The van der Waals surface area contributed by atoms with E-state index in [4.69, 9.17) is 0 Å². The fourth-order valence-corrected chi connectivity index (χ4v) is 1.12. The largest absolute Gasteiger partial charge is 0.273 e. The third-order valence-corrected chi connectivity index (χ3v) is 1.95. The predicted octanol–water partition coefficient (Wildman–Crippen LogP) is 2.07. The molecule has 0 fully saturated rings. The van der Waals surface area contributed by atoms with Crippen molar-refractivity contribution in [1.29, 1.82) is 0 Å². The topological polar surface area (TPSA) is 17.8 Å². The summed E-state index contributed by atoms with van der Waals surface area (Å²) in [5.41, 5.74) is 2.47. The molecule has 0 unspecified atom stereocenters. The lowest BCUT2D eigenvalue weighted by Crippen LogP contribution is -1.93. The standard InChI is InChI=1S/C9H16N2/c1-4-5-6-9-7-8(2)11(3)10-9/h7H,4-6H2,1-3H3. The molecule has 2 heteroatoms. The van der Waals surface area contributed by atoms with Crippen LogP contribution in [0.3, 0.4) is 0 Å². The monoisotopic (exact) mass is 152 g/mol. The van der Waals surface area contributed by atoms with E-state index in [0.717, 1.165) is 6.42 Å². The van der Waals surface area contributed by atoms with Crippen LogP contribution in [0.4, 0.5) is 0 Å². The number of hydrogen-bond acceptors (Lipinski definition) is 1. The van der Waals surface area contributed by atoms with Gasteiger partial charge in [0, 0.05) is 12.7 Å². The summed E-state index contributed by atoms with van der Waals surface area (Å²) in [5.74, 6) is 0. The molecule has 0 aliphatic rings. The van der Waals surface area contributed by atoms with Crippen LogP contribution < -0.4 is 0 Å². The fraction of sp³-hybridized carbons (Fsp3) is 0.667. The summed E-state index contributed by atoms with van der Waals surface area (Å²) in [6.45, 7) is 4.29. The summed E-state index contributed by atoms with van der Waals surface area (Å²) in [4.78, 5) is 0. The summed E-state index contributed by atoms with van der Waals surface area (Å²) in [5, 5.41) is 4.36. The number of unbranched alkanes of at least 4 members (excludes halogenated alkanes) is 1. The number of hydrogen-bond donors (Lipinski definition) is 0. The lowest BCUT2D eigenvalue weighted by atomic mass is 10.2. The molecule has 1 aromatic heterocycles. The van der Waals surface area contributed by atoms with Gasteiger partial charge in [0.25, 0.3) is 0 Å². The molecule has 0 aliphatic heterocycles. The van der Waals surface area contributed by atoms with Crippen LogP contribution in [0.1, 0.15) is 31.2 Å². The Morgan fingerprint density at radius 2 is 2.27 bits per heavy atom. The minimum absolute atomic E-state index is 1.12. The lowest BCUT2D eigenvalue weighted by molar-refractivity contribution is 0.700. The molecule has 0 aliphatic carbocycles. The van der Waals surface area contributed by atoms with E-state index >= 15 is 0 Å². The van der Waals surface area contributed by atoms with Crippen LogP contribution in [0, 0.1) is 6.92 Å². The molecule has 1 rings (SSSR count). The molecule has 0 saturated carbocycles. The molecule has 0 amide bonds. The van der Waals surface area contributed by atoms with Crippen molar-refractivity contribution in [2.24, 2.45) is 7.05 Å². The summed E-state index contributed by atoms with van der Waals surface area (Å²) in [7, 11) is 1.99. The van der Waals surface area contributed by atoms with Crippen molar-refractivity contribution >= 4 is 0 Å². The van der Waals surface area contributed by atoms with Crippen LogP contribution in [0.5, 0.6) is 0 Å². The molecule has 62 valence electrons. The Morgan fingerprint density at radius 3 is 2.73 bits per heavy atom. The van der Waals surface area contributed by atoms with E-state index in [1.807, 2.05) is 11.7 Å². The molecule has 0 aromatic carbocycles. The average Bonchev–Trinajstić information content (AvgIpc) is 2.28. The first-order valence-electron chi connectivity index (χ1n) is 4.23. The maximum atomic E-state index is 4.36. The van der Waals surface area contributed by atoms with Gasteiger partial charge in [0.2, 0.25) is 0 Å². The van der Waals surface area contributed by atoms with Crippen LogP contribution >= 0.6 is 0 Å². The second-order valence-corrected chi connectivity index (χ2v) is 3.00. The Labute approximate surface area is 68.2 Å². The van der Waals surface area contributed by atoms with Crippen molar-refractivity contribution in [2.45, 2.75) is 33.1 Å². The van der Waals surface area contributed by atoms with Gasteiger partial charge in [-0.15, -0.1) is 0 Å². The van der Waals surface area contributed by atoms with E-state index < -0.39 is 0 Å². The van der Waals surface area contributed by atoms with Gasteiger partial charge in [-0.1, -0.05) is 13.3 Å². The van der Waals surface area contributed by atoms with Crippen LogP contribution in [-0.4, -0.2) is 9.78 Å². The molecular formula is C9H16N2. The van der Waals surface area contributed by atoms with E-state index in [-0.39, 0.29) is 0 Å². The number of nitrogens with zero attached hydrogens (tertiary/aromatic N) is 2. The summed E-state index contributed by atoms with van der Waals surface area (Å²) in [6, 6.07) is 2.16. The predicted molar refractivity (Wildman–Crippen MR) is 46.6 cm³/mol. The van der Waals surface area contributed by atoms with E-state index in [2.05, 4.69) is 25.0 Å². The second-order valence-electron chi connectivity index (χ2n) is 3.00. The highest BCUT2D eigenvalue weighted by Gasteiger charge is 1.98. The molecular weight excluding hydrogens is 136 g/mol. The first-order chi connectivity index (χ1) is 5.24. The van der Waals surface area contributed by atoms with Crippen LogP contribution in [0.2, 0.25) is 0 Å². The Balaban J connectivity index is 2.58. The zero-order chi connectivity index (χ0) is 8.27. The Kier molecular flexibility index (Phi) is 2.69. The fourth-order valence-electron chi connectivity index (χ4n) is 1.12. The van der Waals surface area contributed by atoms with Gasteiger partial charge in [0.05, 0.1) is 5.69 Å². The van der Waals surface area contributed by atoms with Crippen molar-refractivity contribution in [3.05, 3.63) is 17.5 Å². The molecule has 0 radical (unpaired) electrons. The Morgan fingerprint density at radius 1 is 1.55 bits per heavy atom. The summed E-state index contributed by atoms with van der Waals surface area (Å²) >= 11 is 0. The van der Waals surface area contributed by atoms with Crippen LogP contribution in [0.15, 0.2) is 6.07 Å². The van der Waals surface area contributed by atoms with Crippen LogP contribution in [-0.2, 0) is 13.5 Å². The first-order valence-corrected chi connectivity index (χ1v) is 4.23. The van der Waals surface area contributed by atoms with Gasteiger partial charge in [-0.3, -0.25) is 4.68 Å². The Hall–Kier alpha value is -0.790. The highest BCUT2D eigenvalue weighted by molar-refractivity contribution is 5.08. The van der Waals surface area contributed by atoms with E-state index in [0.29, 0.717) is 0 Å². The number of aromatic nitrogens is 2. The Bertz CT molecular complexity index is 206.